The highest BCUT2D eigenvalue weighted by Gasteiger charge is 2.18. The van der Waals surface area contributed by atoms with E-state index in [1.807, 2.05) is 0 Å². The van der Waals surface area contributed by atoms with E-state index in [0.29, 0.717) is 0 Å². The van der Waals surface area contributed by atoms with Gasteiger partial charge >= 0.3 is 6.10 Å². The fourth-order valence-electron chi connectivity index (χ4n) is 0.299. The van der Waals surface area contributed by atoms with Crippen LogP contribution in [0.4, 0.5) is 0 Å². The summed E-state index contributed by atoms with van der Waals surface area (Å²) in [6.45, 7) is 0.652. The fourth-order valence-corrected chi connectivity index (χ4v) is 0.705. The van der Waals surface area contributed by atoms with Gasteiger partial charge in [-0.25, -0.2) is 5.32 Å². The van der Waals surface area contributed by atoms with Crippen LogP contribution in [0, 0.1) is 0 Å². The molecule has 0 amide bonds. The van der Waals surface area contributed by atoms with Crippen LogP contribution in [0.25, 0.3) is 0 Å². The lowest BCUT2D eigenvalue weighted by Gasteiger charge is -2.14. The molecule has 0 bridgehead atoms. The van der Waals surface area contributed by atoms with Gasteiger partial charge in [0.15, 0.2) is 0 Å². The molecule has 0 unspecified atom stereocenters. The monoisotopic (exact) mass is 201 g/mol. The molecule has 7 nitrogen and oxygen atoms in total. The van der Waals surface area contributed by atoms with Crippen molar-refractivity contribution < 1.29 is 27.9 Å². The lowest BCUT2D eigenvalue weighted by Crippen LogP contribution is -2.46. The molecule has 0 saturated heterocycles. The van der Waals surface area contributed by atoms with E-state index in [1.165, 1.54) is 6.92 Å². The van der Waals surface area contributed by atoms with Crippen LogP contribution >= 0.6 is 0 Å². The smallest absolute Gasteiger partial charge is 0.330 e. The maximum atomic E-state index is 10.6. The van der Waals surface area contributed by atoms with E-state index in [1.54, 1.807) is 5.32 Å². The highest BCUT2D eigenvalue weighted by Crippen LogP contribution is 1.91. The van der Waals surface area contributed by atoms with Crippen molar-refractivity contribution in [1.82, 2.24) is 5.32 Å². The Kier molecular flexibility index (Phi) is 4.03. The average Bonchev–Trinajstić information content (AvgIpc) is 1.84. The molecule has 12 heavy (non-hydrogen) atoms. The molecule has 0 heterocycles. The summed E-state index contributed by atoms with van der Waals surface area (Å²) in [7, 11) is -3.64. The first-order valence-corrected chi connectivity index (χ1v) is 4.64. The van der Waals surface area contributed by atoms with Crippen LogP contribution in [0.15, 0.2) is 0 Å². The summed E-state index contributed by atoms with van der Waals surface area (Å²) in [5, 5.41) is 26.2. The molecule has 0 aliphatic heterocycles. The van der Waals surface area contributed by atoms with Gasteiger partial charge in [0.05, 0.1) is 5.75 Å². The maximum absolute atomic E-state index is 10.6. The SMILES string of the molecule is CCS(=O)(=O)OCNC(O)(O)O. The third-order valence-corrected chi connectivity index (χ3v) is 2.09. The molecule has 0 aliphatic rings. The van der Waals surface area contributed by atoms with E-state index >= 15 is 0 Å². The molecule has 8 heteroatoms. The molecule has 0 rings (SSSR count). The average molecular weight is 201 g/mol. The van der Waals surface area contributed by atoms with Crippen LogP contribution in [0.5, 0.6) is 0 Å². The summed E-state index contributed by atoms with van der Waals surface area (Å²) in [5.74, 6) is -0.232. The fraction of sp³-hybridized carbons (Fsp3) is 1.00. The van der Waals surface area contributed by atoms with E-state index in [4.69, 9.17) is 15.3 Å². The molecule has 0 aliphatic carbocycles. The quantitative estimate of drug-likeness (QED) is 0.286. The predicted octanol–water partition coefficient (Wildman–Crippen LogP) is -2.51. The summed E-state index contributed by atoms with van der Waals surface area (Å²) in [6.07, 6.45) is -3.12. The van der Waals surface area contributed by atoms with Crippen molar-refractivity contribution in [3.05, 3.63) is 0 Å². The van der Waals surface area contributed by atoms with Crippen molar-refractivity contribution in [2.75, 3.05) is 12.5 Å². The van der Waals surface area contributed by atoms with Gasteiger partial charge in [-0.05, 0) is 6.92 Å². The number of aliphatic hydroxyl groups is 3. The van der Waals surface area contributed by atoms with Gasteiger partial charge in [-0.2, -0.15) is 8.42 Å². The number of nitrogens with one attached hydrogen (secondary N) is 1. The van der Waals surface area contributed by atoms with Crippen molar-refractivity contribution >= 4 is 10.1 Å². The van der Waals surface area contributed by atoms with E-state index in [2.05, 4.69) is 4.18 Å². The summed E-state index contributed by atoms with van der Waals surface area (Å²) < 4.78 is 25.3. The van der Waals surface area contributed by atoms with Crippen molar-refractivity contribution in [3.8, 4) is 0 Å². The number of rotatable bonds is 5. The van der Waals surface area contributed by atoms with Gasteiger partial charge in [0.25, 0.3) is 10.1 Å². The molecule has 0 aromatic carbocycles. The van der Waals surface area contributed by atoms with E-state index in [0.717, 1.165) is 0 Å². The summed E-state index contributed by atoms with van der Waals surface area (Å²) in [5.41, 5.74) is 0. The molecule has 0 radical (unpaired) electrons. The summed E-state index contributed by atoms with van der Waals surface area (Å²) in [6, 6.07) is 0. The first kappa shape index (κ1) is 11.8. The second-order valence-corrected chi connectivity index (χ2v) is 3.85. The Balaban J connectivity index is 3.73. The second kappa shape index (κ2) is 4.12. The Labute approximate surface area is 69.7 Å². The third-order valence-electron chi connectivity index (χ3n) is 0.901. The highest BCUT2D eigenvalue weighted by molar-refractivity contribution is 7.86. The zero-order valence-electron chi connectivity index (χ0n) is 6.39. The zero-order chi connectivity index (χ0) is 9.83. The maximum Gasteiger partial charge on any atom is 0.345 e. The standard InChI is InChI=1S/C4H11NO6S/c1-2-12(9,10)11-3-5-4(6,7)8/h5-8H,2-3H2,1H3. The second-order valence-electron chi connectivity index (χ2n) is 1.92. The molecule has 4 N–H and O–H groups in total. The lowest BCUT2D eigenvalue weighted by molar-refractivity contribution is -0.335. The van der Waals surface area contributed by atoms with Gasteiger partial charge < -0.3 is 15.3 Å². The van der Waals surface area contributed by atoms with Crippen LogP contribution in [0.3, 0.4) is 0 Å². The molecule has 0 aromatic rings. The largest absolute Gasteiger partial charge is 0.345 e. The van der Waals surface area contributed by atoms with E-state index in [-0.39, 0.29) is 5.75 Å². The molecular formula is C4H11NO6S. The van der Waals surface area contributed by atoms with Crippen molar-refractivity contribution in [3.63, 3.8) is 0 Å². The van der Waals surface area contributed by atoms with Gasteiger partial charge in [-0.1, -0.05) is 0 Å². The van der Waals surface area contributed by atoms with Crippen LogP contribution < -0.4 is 5.32 Å². The van der Waals surface area contributed by atoms with Gasteiger partial charge in [-0.3, -0.25) is 4.18 Å². The van der Waals surface area contributed by atoms with E-state index in [9.17, 15) is 8.42 Å². The highest BCUT2D eigenvalue weighted by atomic mass is 32.2. The molecule has 0 saturated carbocycles. The minimum atomic E-state index is -3.64. The summed E-state index contributed by atoms with van der Waals surface area (Å²) >= 11 is 0. The lowest BCUT2D eigenvalue weighted by atomic mass is 10.9. The van der Waals surface area contributed by atoms with Crippen LogP contribution in [-0.2, 0) is 14.3 Å². The first-order chi connectivity index (χ1) is 5.27. The Morgan fingerprint density at radius 3 is 2.25 bits per heavy atom. The molecular weight excluding hydrogens is 190 g/mol. The Bertz CT molecular complexity index is 216. The predicted molar refractivity (Wildman–Crippen MR) is 37.9 cm³/mol. The minimum absolute atomic E-state index is 0.232. The Morgan fingerprint density at radius 1 is 1.42 bits per heavy atom. The molecule has 0 fully saturated rings. The minimum Gasteiger partial charge on any atom is -0.330 e. The zero-order valence-corrected chi connectivity index (χ0v) is 7.21. The molecule has 0 atom stereocenters. The van der Waals surface area contributed by atoms with Gasteiger partial charge in [0.2, 0.25) is 0 Å². The topological polar surface area (TPSA) is 116 Å². The van der Waals surface area contributed by atoms with E-state index < -0.39 is 22.9 Å². The normalized spacial score (nSPS) is 13.3. The summed E-state index contributed by atoms with van der Waals surface area (Å²) in [4.78, 5) is 0. The van der Waals surface area contributed by atoms with Gasteiger partial charge in [-0.15, -0.1) is 0 Å². The molecule has 0 aromatic heterocycles. The van der Waals surface area contributed by atoms with Crippen LogP contribution in [0.1, 0.15) is 6.92 Å². The Morgan fingerprint density at radius 2 is 1.92 bits per heavy atom. The van der Waals surface area contributed by atoms with Crippen molar-refractivity contribution in [2.24, 2.45) is 0 Å². The Hall–Kier alpha value is -0.250. The third kappa shape index (κ3) is 6.46. The van der Waals surface area contributed by atoms with Crippen molar-refractivity contribution in [2.45, 2.75) is 13.0 Å². The first-order valence-electron chi connectivity index (χ1n) is 3.06. The molecule has 0 spiro atoms. The van der Waals surface area contributed by atoms with Gasteiger partial charge in [0, 0.05) is 0 Å². The number of hydrogen-bond donors (Lipinski definition) is 4. The van der Waals surface area contributed by atoms with Crippen molar-refractivity contribution in [1.29, 1.82) is 0 Å². The van der Waals surface area contributed by atoms with Crippen LogP contribution in [-0.4, -0.2) is 42.3 Å². The van der Waals surface area contributed by atoms with Gasteiger partial charge in [0.1, 0.15) is 6.73 Å². The van der Waals surface area contributed by atoms with Crippen LogP contribution in [0.2, 0.25) is 0 Å². The molecule has 74 valence electrons. The number of hydrogen-bond acceptors (Lipinski definition) is 7.